The lowest BCUT2D eigenvalue weighted by molar-refractivity contribution is -0.139. The zero-order chi connectivity index (χ0) is 25.7. The Morgan fingerprint density at radius 3 is 2.34 bits per heavy atom. The number of nitriles is 1. The fourth-order valence-electron chi connectivity index (χ4n) is 3.77. The van der Waals surface area contributed by atoms with Crippen molar-refractivity contribution in [2.75, 3.05) is 24.4 Å². The van der Waals surface area contributed by atoms with Gasteiger partial charge in [-0.3, -0.25) is 9.69 Å². The van der Waals surface area contributed by atoms with Crippen LogP contribution in [0, 0.1) is 17.1 Å². The summed E-state index contributed by atoms with van der Waals surface area (Å²) in [5.74, 6) is -4.46. The van der Waals surface area contributed by atoms with Gasteiger partial charge in [0.2, 0.25) is 5.91 Å². The fourth-order valence-corrected chi connectivity index (χ4v) is 3.77. The van der Waals surface area contributed by atoms with Gasteiger partial charge in [0.1, 0.15) is 17.3 Å². The van der Waals surface area contributed by atoms with Crippen molar-refractivity contribution in [3.63, 3.8) is 0 Å². The van der Waals surface area contributed by atoms with E-state index in [4.69, 9.17) is 15.2 Å². The van der Waals surface area contributed by atoms with Crippen LogP contribution in [0.15, 0.2) is 71.2 Å². The molecule has 0 aromatic heterocycles. The topological polar surface area (TPSA) is 135 Å². The van der Waals surface area contributed by atoms with E-state index >= 15 is 4.39 Å². The van der Waals surface area contributed by atoms with Gasteiger partial charge in [-0.05, 0) is 23.8 Å². The van der Waals surface area contributed by atoms with Crippen molar-refractivity contribution in [2.45, 2.75) is 19.3 Å². The molecule has 1 aliphatic rings. The van der Waals surface area contributed by atoms with Gasteiger partial charge in [0.15, 0.2) is 0 Å². The van der Waals surface area contributed by atoms with E-state index in [1.807, 2.05) is 6.07 Å². The molecule has 1 unspecified atom stereocenters. The maximum Gasteiger partial charge on any atom is 0.355 e. The largest absolute Gasteiger partial charge is 0.466 e. The summed E-state index contributed by atoms with van der Waals surface area (Å²) in [6, 6.07) is 14.1. The zero-order valence-corrected chi connectivity index (χ0v) is 19.3. The van der Waals surface area contributed by atoms with Crippen LogP contribution in [0.1, 0.15) is 24.8 Å². The molecular formula is C25H23FN4O5. The lowest BCUT2D eigenvalue weighted by Gasteiger charge is -2.36. The second-order valence-electron chi connectivity index (χ2n) is 7.40. The molecule has 0 radical (unpaired) electrons. The normalized spacial score (nSPS) is 15.4. The highest BCUT2D eigenvalue weighted by Crippen LogP contribution is 2.44. The first-order valence-electron chi connectivity index (χ1n) is 10.5. The van der Waals surface area contributed by atoms with Crippen molar-refractivity contribution < 1.29 is 28.2 Å². The quantitative estimate of drug-likeness (QED) is 0.605. The Morgan fingerprint density at radius 2 is 1.77 bits per heavy atom. The highest BCUT2D eigenvalue weighted by atomic mass is 19.1. The summed E-state index contributed by atoms with van der Waals surface area (Å²) in [6.07, 6.45) is 0.176. The van der Waals surface area contributed by atoms with Crippen LogP contribution in [0.25, 0.3) is 0 Å². The number of rotatable bonds is 6. The van der Waals surface area contributed by atoms with Crippen molar-refractivity contribution >= 4 is 29.2 Å². The molecule has 0 saturated carbocycles. The van der Waals surface area contributed by atoms with Crippen LogP contribution in [0.3, 0.4) is 0 Å². The number of allylic oxidation sites excluding steroid dienone is 1. The monoisotopic (exact) mass is 478 g/mol. The number of nitrogens with zero attached hydrogens (tertiary/aromatic N) is 2. The highest BCUT2D eigenvalue weighted by Gasteiger charge is 2.43. The summed E-state index contributed by atoms with van der Waals surface area (Å²) in [7, 11) is 2.21. The van der Waals surface area contributed by atoms with Crippen molar-refractivity contribution in [1.29, 1.82) is 5.26 Å². The first-order chi connectivity index (χ1) is 16.8. The van der Waals surface area contributed by atoms with Crippen LogP contribution in [0.4, 0.5) is 15.8 Å². The molecule has 3 rings (SSSR count). The Labute approximate surface area is 201 Å². The van der Waals surface area contributed by atoms with Gasteiger partial charge in [0.25, 0.3) is 0 Å². The average Bonchev–Trinajstić information content (AvgIpc) is 2.88. The Balaban J connectivity index is 2.39. The number of halogens is 1. The van der Waals surface area contributed by atoms with Gasteiger partial charge in [-0.15, -0.1) is 0 Å². The third kappa shape index (κ3) is 4.70. The molecule has 1 aliphatic heterocycles. The molecule has 1 amide bonds. The molecule has 2 aromatic carbocycles. The number of ether oxygens (including phenoxy) is 2. The second-order valence-corrected chi connectivity index (χ2v) is 7.40. The van der Waals surface area contributed by atoms with Crippen LogP contribution < -0.4 is 16.0 Å². The minimum absolute atomic E-state index is 0.105. The number of benzene rings is 2. The van der Waals surface area contributed by atoms with E-state index < -0.39 is 29.4 Å². The van der Waals surface area contributed by atoms with E-state index in [9.17, 15) is 19.6 Å². The summed E-state index contributed by atoms with van der Waals surface area (Å²) < 4.78 is 25.0. The maximum atomic E-state index is 15.1. The molecule has 1 atom stereocenters. The summed E-state index contributed by atoms with van der Waals surface area (Å²) in [5.41, 5.74) is 6.01. The molecule has 0 aliphatic carbocycles. The minimum Gasteiger partial charge on any atom is -0.466 e. The SMILES string of the molecule is CCC(=O)Nc1ccc(F)c(N2C(N)=C(C#N)C(c3ccccc3)C(C(=O)OC)=C2C(=O)OC)c1. The number of nitrogens with one attached hydrogen (secondary N) is 1. The molecule has 0 bridgehead atoms. The van der Waals surface area contributed by atoms with E-state index in [1.54, 1.807) is 37.3 Å². The Kier molecular flexibility index (Phi) is 7.51. The van der Waals surface area contributed by atoms with E-state index in [2.05, 4.69) is 5.32 Å². The minimum atomic E-state index is -1.08. The van der Waals surface area contributed by atoms with Gasteiger partial charge in [-0.1, -0.05) is 37.3 Å². The molecule has 0 spiro atoms. The molecule has 0 fully saturated rings. The standard InChI is InChI=1S/C25H23FN4O5/c1-4-19(31)29-15-10-11-17(26)18(12-15)30-22(25(33)35-3)21(24(32)34-2)20(16(13-27)23(30)28)14-8-6-5-7-9-14/h5-12,20H,4,28H2,1-3H3,(H,29,31). The van der Waals surface area contributed by atoms with Gasteiger partial charge < -0.3 is 20.5 Å². The predicted octanol–water partition coefficient (Wildman–Crippen LogP) is 3.07. The van der Waals surface area contributed by atoms with Crippen molar-refractivity contribution in [1.82, 2.24) is 0 Å². The third-order valence-corrected chi connectivity index (χ3v) is 5.40. The van der Waals surface area contributed by atoms with Gasteiger partial charge in [0, 0.05) is 12.1 Å². The smallest absolute Gasteiger partial charge is 0.355 e. The molecule has 3 N–H and O–H groups in total. The number of hydrogen-bond acceptors (Lipinski definition) is 8. The number of carbonyl (C=O) groups excluding carboxylic acids is 3. The number of carbonyl (C=O) groups is 3. The van der Waals surface area contributed by atoms with E-state index in [1.165, 1.54) is 12.1 Å². The Morgan fingerprint density at radius 1 is 1.11 bits per heavy atom. The Bertz CT molecular complexity index is 1280. The number of esters is 2. The molecule has 35 heavy (non-hydrogen) atoms. The van der Waals surface area contributed by atoms with Crippen molar-refractivity contribution in [2.24, 2.45) is 5.73 Å². The van der Waals surface area contributed by atoms with Crippen LogP contribution in [-0.2, 0) is 23.9 Å². The van der Waals surface area contributed by atoms with Gasteiger partial charge in [-0.2, -0.15) is 5.26 Å². The second kappa shape index (κ2) is 10.5. The van der Waals surface area contributed by atoms with Gasteiger partial charge >= 0.3 is 11.9 Å². The van der Waals surface area contributed by atoms with Crippen LogP contribution in [-0.4, -0.2) is 32.1 Å². The van der Waals surface area contributed by atoms with E-state index in [0.717, 1.165) is 25.2 Å². The molecule has 9 nitrogen and oxygen atoms in total. The van der Waals surface area contributed by atoms with Gasteiger partial charge in [0.05, 0.1) is 43.0 Å². The fraction of sp³-hybridized carbons (Fsp3) is 0.200. The predicted molar refractivity (Wildman–Crippen MR) is 125 cm³/mol. The zero-order valence-electron chi connectivity index (χ0n) is 19.3. The number of amides is 1. The first-order valence-corrected chi connectivity index (χ1v) is 10.5. The summed E-state index contributed by atoms with van der Waals surface area (Å²) >= 11 is 0. The maximum absolute atomic E-state index is 15.1. The van der Waals surface area contributed by atoms with Gasteiger partial charge in [-0.25, -0.2) is 14.0 Å². The lowest BCUT2D eigenvalue weighted by Crippen LogP contribution is -2.41. The number of anilines is 2. The molecule has 10 heteroatoms. The van der Waals surface area contributed by atoms with Crippen molar-refractivity contribution in [3.8, 4) is 6.07 Å². The summed E-state index contributed by atoms with van der Waals surface area (Å²) in [6.45, 7) is 1.65. The van der Waals surface area contributed by atoms with E-state index in [0.29, 0.717) is 5.56 Å². The van der Waals surface area contributed by atoms with E-state index in [-0.39, 0.29) is 40.7 Å². The van der Waals surface area contributed by atoms with Crippen molar-refractivity contribution in [3.05, 3.63) is 82.6 Å². The highest BCUT2D eigenvalue weighted by molar-refractivity contribution is 6.06. The molecule has 1 heterocycles. The first kappa shape index (κ1) is 25.0. The summed E-state index contributed by atoms with van der Waals surface area (Å²) in [4.78, 5) is 38.9. The lowest BCUT2D eigenvalue weighted by atomic mass is 9.81. The molecule has 2 aromatic rings. The molecule has 180 valence electrons. The van der Waals surface area contributed by atoms with Crippen LogP contribution in [0.5, 0.6) is 0 Å². The van der Waals surface area contributed by atoms with Crippen LogP contribution >= 0.6 is 0 Å². The number of nitrogens with two attached hydrogens (primary N) is 1. The number of methoxy groups -OCH3 is 2. The molecular weight excluding hydrogens is 455 g/mol. The molecule has 0 saturated heterocycles. The average molecular weight is 478 g/mol. The van der Waals surface area contributed by atoms with Crippen LogP contribution in [0.2, 0.25) is 0 Å². The third-order valence-electron chi connectivity index (χ3n) is 5.40. The summed E-state index contributed by atoms with van der Waals surface area (Å²) in [5, 5.41) is 12.6. The number of hydrogen-bond donors (Lipinski definition) is 2. The Hall–Kier alpha value is -4.65.